The van der Waals surface area contributed by atoms with Crippen molar-refractivity contribution in [2.75, 3.05) is 0 Å². The predicted molar refractivity (Wildman–Crippen MR) is 68.5 cm³/mol. The smallest absolute Gasteiger partial charge is 0.115 e. The van der Waals surface area contributed by atoms with Gasteiger partial charge in [0, 0.05) is 0 Å². The second-order valence-electron chi connectivity index (χ2n) is 4.62. The zero-order valence-electron chi connectivity index (χ0n) is 10.2. The number of allylic oxidation sites excluding steroid dienone is 1. The van der Waals surface area contributed by atoms with Crippen LogP contribution in [-0.2, 0) is 6.42 Å². The van der Waals surface area contributed by atoms with Crippen LogP contribution >= 0.6 is 0 Å². The van der Waals surface area contributed by atoms with Gasteiger partial charge in [-0.15, -0.1) is 0 Å². The molecule has 1 heteroatoms. The topological polar surface area (TPSA) is 20.2 Å². The molecule has 2 rings (SSSR count). The fraction of sp³-hybridized carbons (Fsp3) is 0.467. The third-order valence-corrected chi connectivity index (χ3v) is 3.66. The molecule has 1 aromatic rings. The highest BCUT2D eigenvalue weighted by atomic mass is 16.3. The standard InChI is InChI=1S/C15H20O/c1-3-11(4-2)12-5-6-14-10-15(16)8-7-13(14)9-12/h7-11,16H,3-6H2,1-2H3. The van der Waals surface area contributed by atoms with E-state index in [1.54, 1.807) is 11.6 Å². The molecule has 0 heterocycles. The maximum absolute atomic E-state index is 9.43. The largest absolute Gasteiger partial charge is 0.508 e. The number of phenolic OH excluding ortho intramolecular Hbond substituents is 1. The minimum atomic E-state index is 0.387. The van der Waals surface area contributed by atoms with E-state index in [4.69, 9.17) is 0 Å². The molecule has 0 atom stereocenters. The number of hydrogen-bond acceptors (Lipinski definition) is 1. The Balaban J connectivity index is 2.30. The molecule has 0 aliphatic heterocycles. The van der Waals surface area contributed by atoms with Gasteiger partial charge in [-0.2, -0.15) is 0 Å². The van der Waals surface area contributed by atoms with Crippen molar-refractivity contribution >= 4 is 6.08 Å². The van der Waals surface area contributed by atoms with Gasteiger partial charge in [0.2, 0.25) is 0 Å². The maximum atomic E-state index is 9.43. The molecular weight excluding hydrogens is 196 g/mol. The van der Waals surface area contributed by atoms with Gasteiger partial charge in [0.15, 0.2) is 0 Å². The van der Waals surface area contributed by atoms with Crippen LogP contribution in [0, 0.1) is 5.92 Å². The summed E-state index contributed by atoms with van der Waals surface area (Å²) in [6.45, 7) is 4.53. The highest BCUT2D eigenvalue weighted by Gasteiger charge is 2.16. The summed E-state index contributed by atoms with van der Waals surface area (Å²) in [6.07, 6.45) is 7.02. The van der Waals surface area contributed by atoms with Crippen LogP contribution in [0.25, 0.3) is 6.08 Å². The van der Waals surface area contributed by atoms with Gasteiger partial charge in [0.1, 0.15) is 5.75 Å². The third kappa shape index (κ3) is 2.13. The van der Waals surface area contributed by atoms with E-state index in [0.717, 1.165) is 18.8 Å². The van der Waals surface area contributed by atoms with Gasteiger partial charge in [-0.1, -0.05) is 31.6 Å². The molecule has 0 saturated heterocycles. The Kier molecular flexibility index (Phi) is 3.33. The molecular formula is C15H20O. The monoisotopic (exact) mass is 216 g/mol. The van der Waals surface area contributed by atoms with Crippen LogP contribution in [0.15, 0.2) is 23.8 Å². The number of phenols is 1. The van der Waals surface area contributed by atoms with E-state index in [1.165, 1.54) is 24.0 Å². The lowest BCUT2D eigenvalue weighted by molar-refractivity contribution is 0.474. The van der Waals surface area contributed by atoms with Gasteiger partial charge in [-0.05, 0) is 54.9 Å². The molecule has 1 nitrogen and oxygen atoms in total. The SMILES string of the molecule is CCC(CC)C1=Cc2ccc(O)cc2CC1. The Morgan fingerprint density at radius 2 is 1.94 bits per heavy atom. The minimum Gasteiger partial charge on any atom is -0.508 e. The molecule has 0 radical (unpaired) electrons. The van der Waals surface area contributed by atoms with Gasteiger partial charge in [0.25, 0.3) is 0 Å². The average molecular weight is 216 g/mol. The van der Waals surface area contributed by atoms with Gasteiger partial charge >= 0.3 is 0 Å². The molecule has 0 spiro atoms. The Hall–Kier alpha value is -1.24. The van der Waals surface area contributed by atoms with Crippen LogP contribution in [0.4, 0.5) is 0 Å². The Morgan fingerprint density at radius 1 is 1.19 bits per heavy atom. The van der Waals surface area contributed by atoms with Crippen molar-refractivity contribution in [1.29, 1.82) is 0 Å². The van der Waals surface area contributed by atoms with E-state index in [2.05, 4.69) is 19.9 Å². The van der Waals surface area contributed by atoms with E-state index < -0.39 is 0 Å². The molecule has 16 heavy (non-hydrogen) atoms. The van der Waals surface area contributed by atoms with Gasteiger partial charge in [-0.3, -0.25) is 0 Å². The summed E-state index contributed by atoms with van der Waals surface area (Å²) >= 11 is 0. The highest BCUT2D eigenvalue weighted by molar-refractivity contribution is 5.61. The molecule has 0 fully saturated rings. The normalized spacial score (nSPS) is 14.8. The number of rotatable bonds is 3. The van der Waals surface area contributed by atoms with Gasteiger partial charge < -0.3 is 5.11 Å². The number of aromatic hydroxyl groups is 1. The fourth-order valence-electron chi connectivity index (χ4n) is 2.64. The Labute approximate surface area is 97.8 Å². The molecule has 1 aliphatic carbocycles. The lowest BCUT2D eigenvalue weighted by Crippen LogP contribution is -2.07. The van der Waals surface area contributed by atoms with Crippen LogP contribution < -0.4 is 0 Å². The molecule has 1 aromatic carbocycles. The quantitative estimate of drug-likeness (QED) is 0.804. The molecule has 1 N–H and O–H groups in total. The zero-order valence-corrected chi connectivity index (χ0v) is 10.2. The van der Waals surface area contributed by atoms with Crippen molar-refractivity contribution < 1.29 is 5.11 Å². The molecule has 1 aliphatic rings. The lowest BCUT2D eigenvalue weighted by Gasteiger charge is -2.22. The number of fused-ring (bicyclic) bond motifs is 1. The molecule has 0 amide bonds. The van der Waals surface area contributed by atoms with E-state index >= 15 is 0 Å². The van der Waals surface area contributed by atoms with Crippen LogP contribution in [0.1, 0.15) is 44.2 Å². The summed E-state index contributed by atoms with van der Waals surface area (Å²) in [5.41, 5.74) is 4.17. The molecule has 0 unspecified atom stereocenters. The highest BCUT2D eigenvalue weighted by Crippen LogP contribution is 2.32. The van der Waals surface area contributed by atoms with Crippen molar-refractivity contribution in [2.45, 2.75) is 39.5 Å². The molecule has 0 aromatic heterocycles. The van der Waals surface area contributed by atoms with E-state index in [1.807, 2.05) is 12.1 Å². The predicted octanol–water partition coefficient (Wildman–Crippen LogP) is 4.16. The van der Waals surface area contributed by atoms with E-state index in [-0.39, 0.29) is 0 Å². The van der Waals surface area contributed by atoms with Crippen molar-refractivity contribution in [2.24, 2.45) is 5.92 Å². The van der Waals surface area contributed by atoms with Crippen molar-refractivity contribution in [3.8, 4) is 5.75 Å². The van der Waals surface area contributed by atoms with Crippen LogP contribution in [-0.4, -0.2) is 5.11 Å². The van der Waals surface area contributed by atoms with Crippen molar-refractivity contribution in [3.63, 3.8) is 0 Å². The zero-order chi connectivity index (χ0) is 11.5. The van der Waals surface area contributed by atoms with Crippen LogP contribution in [0.2, 0.25) is 0 Å². The number of aryl methyl sites for hydroxylation is 1. The third-order valence-electron chi connectivity index (χ3n) is 3.66. The fourth-order valence-corrected chi connectivity index (χ4v) is 2.64. The summed E-state index contributed by atoms with van der Waals surface area (Å²) in [6, 6.07) is 5.72. The molecule has 86 valence electrons. The van der Waals surface area contributed by atoms with Crippen molar-refractivity contribution in [1.82, 2.24) is 0 Å². The first kappa shape index (κ1) is 11.3. The first-order valence-corrected chi connectivity index (χ1v) is 6.27. The number of benzene rings is 1. The average Bonchev–Trinajstić information content (AvgIpc) is 2.31. The van der Waals surface area contributed by atoms with Crippen LogP contribution in [0.3, 0.4) is 0 Å². The number of hydrogen-bond donors (Lipinski definition) is 1. The Morgan fingerprint density at radius 3 is 2.62 bits per heavy atom. The summed E-state index contributed by atoms with van der Waals surface area (Å²) in [5.74, 6) is 1.13. The van der Waals surface area contributed by atoms with Crippen molar-refractivity contribution in [3.05, 3.63) is 34.9 Å². The Bertz CT molecular complexity index is 400. The summed E-state index contributed by atoms with van der Waals surface area (Å²) in [7, 11) is 0. The van der Waals surface area contributed by atoms with Crippen LogP contribution in [0.5, 0.6) is 5.75 Å². The first-order valence-electron chi connectivity index (χ1n) is 6.27. The van der Waals surface area contributed by atoms with E-state index in [9.17, 15) is 5.11 Å². The molecule has 0 bridgehead atoms. The summed E-state index contributed by atoms with van der Waals surface area (Å²) in [5, 5.41) is 9.43. The molecule has 0 saturated carbocycles. The summed E-state index contributed by atoms with van der Waals surface area (Å²) < 4.78 is 0. The second-order valence-corrected chi connectivity index (χ2v) is 4.62. The lowest BCUT2D eigenvalue weighted by atomic mass is 9.83. The van der Waals surface area contributed by atoms with Gasteiger partial charge in [-0.25, -0.2) is 0 Å². The second kappa shape index (κ2) is 4.73. The first-order chi connectivity index (χ1) is 7.74. The minimum absolute atomic E-state index is 0.387. The van der Waals surface area contributed by atoms with Gasteiger partial charge in [0.05, 0.1) is 0 Å². The summed E-state index contributed by atoms with van der Waals surface area (Å²) in [4.78, 5) is 0. The maximum Gasteiger partial charge on any atom is 0.115 e. The van der Waals surface area contributed by atoms with E-state index in [0.29, 0.717) is 5.75 Å².